The molecule has 2 aromatic heterocycles. The number of fused-ring (bicyclic) bond motifs is 1. The fourth-order valence-electron chi connectivity index (χ4n) is 3.05. The Labute approximate surface area is 170 Å². The number of anilines is 2. The van der Waals surface area contributed by atoms with Gasteiger partial charge in [-0.3, -0.25) is 24.0 Å². The number of carbonyl (C=O) groups is 1. The minimum Gasteiger partial charge on any atom is -0.383 e. The van der Waals surface area contributed by atoms with E-state index >= 15 is 0 Å². The van der Waals surface area contributed by atoms with Crippen molar-refractivity contribution in [2.24, 2.45) is 0 Å². The van der Waals surface area contributed by atoms with Crippen LogP contribution in [0.4, 0.5) is 11.5 Å². The first-order valence-electron chi connectivity index (χ1n) is 9.02. The molecule has 28 heavy (non-hydrogen) atoms. The number of aromatic nitrogens is 2. The smallest absolute Gasteiger partial charge is 0.330 e. The standard InChI is InChI=1S/C19H21ClN4O3S/c1-3-5-10-24-16(21)14(17(25)22-19(24)27)23(4-2)18(26)15-13(20)11-8-6-7-9-12(11)28-15/h6-9H,3-5,10,21H2,1-2H3,(H,22,25,27). The van der Waals surface area contributed by atoms with E-state index in [1.165, 1.54) is 20.8 Å². The molecule has 2 heterocycles. The summed E-state index contributed by atoms with van der Waals surface area (Å²) in [5.41, 5.74) is 4.85. The van der Waals surface area contributed by atoms with Crippen molar-refractivity contribution >= 4 is 50.4 Å². The van der Waals surface area contributed by atoms with Crippen molar-refractivity contribution in [3.8, 4) is 0 Å². The quantitative estimate of drug-likeness (QED) is 0.637. The van der Waals surface area contributed by atoms with Gasteiger partial charge in [0.15, 0.2) is 5.69 Å². The molecule has 0 fully saturated rings. The summed E-state index contributed by atoms with van der Waals surface area (Å²) in [6.45, 7) is 4.28. The Morgan fingerprint density at radius 3 is 2.64 bits per heavy atom. The maximum Gasteiger partial charge on any atom is 0.330 e. The zero-order chi connectivity index (χ0) is 20.4. The van der Waals surface area contributed by atoms with E-state index in [1.807, 2.05) is 31.2 Å². The SMILES string of the molecule is CCCCn1c(N)c(N(CC)C(=O)c2sc3ccccc3c2Cl)c(=O)[nH]c1=O. The van der Waals surface area contributed by atoms with Gasteiger partial charge in [0.05, 0.1) is 5.02 Å². The number of carbonyl (C=O) groups excluding carboxylic acids is 1. The molecule has 0 aliphatic carbocycles. The van der Waals surface area contributed by atoms with Crippen molar-refractivity contribution in [2.75, 3.05) is 17.2 Å². The van der Waals surface area contributed by atoms with E-state index in [4.69, 9.17) is 17.3 Å². The molecule has 0 saturated carbocycles. The van der Waals surface area contributed by atoms with Crippen LogP contribution in [0.3, 0.4) is 0 Å². The molecule has 0 atom stereocenters. The average Bonchev–Trinajstić information content (AvgIpc) is 3.01. The number of unbranched alkanes of at least 4 members (excludes halogenated alkanes) is 1. The lowest BCUT2D eigenvalue weighted by molar-refractivity contribution is 0.0992. The molecule has 0 bridgehead atoms. The molecule has 1 amide bonds. The second kappa shape index (κ2) is 8.20. The predicted octanol–water partition coefficient (Wildman–Crippen LogP) is 3.45. The highest BCUT2D eigenvalue weighted by Gasteiger charge is 2.27. The van der Waals surface area contributed by atoms with E-state index in [2.05, 4.69) is 4.98 Å². The normalized spacial score (nSPS) is 11.1. The molecule has 3 N–H and O–H groups in total. The molecule has 3 rings (SSSR count). The maximum atomic E-state index is 13.2. The maximum absolute atomic E-state index is 13.2. The third kappa shape index (κ3) is 3.45. The second-order valence-corrected chi connectivity index (χ2v) is 7.72. The van der Waals surface area contributed by atoms with Crippen molar-refractivity contribution in [1.29, 1.82) is 0 Å². The van der Waals surface area contributed by atoms with Crippen LogP contribution >= 0.6 is 22.9 Å². The van der Waals surface area contributed by atoms with Gasteiger partial charge in [-0.2, -0.15) is 0 Å². The van der Waals surface area contributed by atoms with Crippen LogP contribution in [0.1, 0.15) is 36.4 Å². The number of nitrogens with zero attached hydrogens (tertiary/aromatic N) is 2. The minimum atomic E-state index is -0.692. The topological polar surface area (TPSA) is 101 Å². The summed E-state index contributed by atoms with van der Waals surface area (Å²) in [5.74, 6) is -0.443. The molecule has 1 aromatic carbocycles. The zero-order valence-corrected chi connectivity index (χ0v) is 17.2. The summed E-state index contributed by atoms with van der Waals surface area (Å²) in [5, 5.41) is 1.13. The lowest BCUT2D eigenvalue weighted by atomic mass is 10.2. The van der Waals surface area contributed by atoms with E-state index in [1.54, 1.807) is 6.92 Å². The Morgan fingerprint density at radius 2 is 2.00 bits per heavy atom. The summed E-state index contributed by atoms with van der Waals surface area (Å²) in [6, 6.07) is 7.44. The van der Waals surface area contributed by atoms with Gasteiger partial charge in [0.2, 0.25) is 0 Å². The number of rotatable bonds is 6. The summed E-state index contributed by atoms with van der Waals surface area (Å²) >= 11 is 7.69. The van der Waals surface area contributed by atoms with Crippen molar-refractivity contribution < 1.29 is 4.79 Å². The van der Waals surface area contributed by atoms with Crippen molar-refractivity contribution in [3.63, 3.8) is 0 Å². The van der Waals surface area contributed by atoms with Gasteiger partial charge in [0, 0.05) is 23.2 Å². The number of hydrogen-bond acceptors (Lipinski definition) is 5. The van der Waals surface area contributed by atoms with Gasteiger partial charge in [0.25, 0.3) is 11.5 Å². The predicted molar refractivity (Wildman–Crippen MR) is 115 cm³/mol. The number of H-pyrrole nitrogens is 1. The monoisotopic (exact) mass is 420 g/mol. The Morgan fingerprint density at radius 1 is 1.29 bits per heavy atom. The van der Waals surface area contributed by atoms with Crippen LogP contribution in [-0.4, -0.2) is 22.0 Å². The summed E-state index contributed by atoms with van der Waals surface area (Å²) in [6.07, 6.45) is 1.58. The van der Waals surface area contributed by atoms with Crippen molar-refractivity contribution in [1.82, 2.24) is 9.55 Å². The van der Waals surface area contributed by atoms with E-state index in [0.717, 1.165) is 22.9 Å². The largest absolute Gasteiger partial charge is 0.383 e. The first-order valence-corrected chi connectivity index (χ1v) is 10.2. The number of thiophene rings is 1. The molecule has 0 saturated heterocycles. The van der Waals surface area contributed by atoms with Gasteiger partial charge in [-0.15, -0.1) is 11.3 Å². The van der Waals surface area contributed by atoms with Gasteiger partial charge in [-0.25, -0.2) is 4.79 Å². The third-order valence-electron chi connectivity index (χ3n) is 4.51. The Kier molecular flexibility index (Phi) is 5.90. The van der Waals surface area contributed by atoms with E-state index < -0.39 is 17.2 Å². The molecule has 148 valence electrons. The van der Waals surface area contributed by atoms with Crippen LogP contribution in [0, 0.1) is 0 Å². The van der Waals surface area contributed by atoms with Gasteiger partial charge in [-0.1, -0.05) is 43.1 Å². The van der Waals surface area contributed by atoms with Gasteiger partial charge < -0.3 is 5.73 Å². The Balaban J connectivity index is 2.12. The molecule has 0 aliphatic heterocycles. The first-order chi connectivity index (χ1) is 13.4. The number of nitrogens with one attached hydrogen (secondary N) is 1. The molecule has 0 aliphatic rings. The lowest BCUT2D eigenvalue weighted by Crippen LogP contribution is -2.41. The molecule has 7 nitrogen and oxygen atoms in total. The Hall–Kier alpha value is -2.58. The zero-order valence-electron chi connectivity index (χ0n) is 15.6. The first kappa shape index (κ1) is 20.2. The number of nitrogen functional groups attached to an aromatic ring is 1. The molecule has 9 heteroatoms. The van der Waals surface area contributed by atoms with Crippen LogP contribution in [0.25, 0.3) is 10.1 Å². The lowest BCUT2D eigenvalue weighted by Gasteiger charge is -2.22. The average molecular weight is 421 g/mol. The number of hydrogen-bond donors (Lipinski definition) is 2. The third-order valence-corrected chi connectivity index (χ3v) is 6.17. The number of nitrogens with two attached hydrogens (primary N) is 1. The summed E-state index contributed by atoms with van der Waals surface area (Å²) in [4.78, 5) is 41.8. The molecular weight excluding hydrogens is 400 g/mol. The molecule has 0 unspecified atom stereocenters. The molecule has 0 spiro atoms. The van der Waals surface area contributed by atoms with E-state index in [9.17, 15) is 14.4 Å². The number of benzene rings is 1. The van der Waals surface area contributed by atoms with Gasteiger partial charge in [-0.05, 0) is 19.4 Å². The number of aromatic amines is 1. The fraction of sp³-hybridized carbons (Fsp3) is 0.316. The summed E-state index contributed by atoms with van der Waals surface area (Å²) < 4.78 is 2.17. The minimum absolute atomic E-state index is 0.0189. The van der Waals surface area contributed by atoms with Crippen LogP contribution < -0.4 is 21.9 Å². The Bertz CT molecular complexity index is 1150. The number of amides is 1. The van der Waals surface area contributed by atoms with Crippen molar-refractivity contribution in [3.05, 3.63) is 55.0 Å². The van der Waals surface area contributed by atoms with E-state index in [-0.39, 0.29) is 18.1 Å². The van der Waals surface area contributed by atoms with Crippen LogP contribution in [0.5, 0.6) is 0 Å². The van der Waals surface area contributed by atoms with Crippen LogP contribution in [0.2, 0.25) is 5.02 Å². The van der Waals surface area contributed by atoms with Crippen molar-refractivity contribution in [2.45, 2.75) is 33.2 Å². The van der Waals surface area contributed by atoms with Gasteiger partial charge in [0.1, 0.15) is 10.7 Å². The summed E-state index contributed by atoms with van der Waals surface area (Å²) in [7, 11) is 0. The molecular formula is C19H21ClN4O3S. The number of halogens is 1. The van der Waals surface area contributed by atoms with Crippen LogP contribution in [-0.2, 0) is 6.54 Å². The highest BCUT2D eigenvalue weighted by Crippen LogP contribution is 2.36. The van der Waals surface area contributed by atoms with Crippen LogP contribution in [0.15, 0.2) is 33.9 Å². The van der Waals surface area contributed by atoms with Gasteiger partial charge >= 0.3 is 5.69 Å². The highest BCUT2D eigenvalue weighted by molar-refractivity contribution is 7.21. The fourth-order valence-corrected chi connectivity index (χ4v) is 4.51. The second-order valence-electron chi connectivity index (χ2n) is 6.29. The molecule has 3 aromatic rings. The molecule has 0 radical (unpaired) electrons. The van der Waals surface area contributed by atoms with E-state index in [0.29, 0.717) is 16.4 Å². The highest BCUT2D eigenvalue weighted by atomic mass is 35.5.